The highest BCUT2D eigenvalue weighted by atomic mass is 15.2. The zero-order valence-corrected chi connectivity index (χ0v) is 9.40. The molecule has 0 unspecified atom stereocenters. The van der Waals surface area contributed by atoms with Gasteiger partial charge in [0.1, 0.15) is 5.82 Å². The lowest BCUT2D eigenvalue weighted by molar-refractivity contribution is 0.442. The molecule has 1 N–H and O–H groups in total. The Labute approximate surface area is 90.7 Å². The predicted molar refractivity (Wildman–Crippen MR) is 61.1 cm³/mol. The maximum Gasteiger partial charge on any atom is 0.150 e. The molecule has 1 aromatic rings. The number of hydrogen-bond acceptors (Lipinski definition) is 4. The Hall–Kier alpha value is -1.16. The highest BCUT2D eigenvalue weighted by Crippen LogP contribution is 2.18. The molecule has 0 spiro atoms. The van der Waals surface area contributed by atoms with Crippen LogP contribution >= 0.6 is 0 Å². The van der Waals surface area contributed by atoms with E-state index >= 15 is 0 Å². The molecule has 4 nitrogen and oxygen atoms in total. The second-order valence-electron chi connectivity index (χ2n) is 4.08. The van der Waals surface area contributed by atoms with Gasteiger partial charge in [-0.25, -0.2) is 4.98 Å². The first-order valence-electron chi connectivity index (χ1n) is 5.50. The third kappa shape index (κ3) is 2.26. The minimum absolute atomic E-state index is 0.550. The Balaban J connectivity index is 2.12. The minimum atomic E-state index is 0.550. The van der Waals surface area contributed by atoms with Crippen molar-refractivity contribution in [2.24, 2.45) is 0 Å². The summed E-state index contributed by atoms with van der Waals surface area (Å²) in [5, 5.41) is 3.42. The van der Waals surface area contributed by atoms with Crippen molar-refractivity contribution in [1.29, 1.82) is 0 Å². The molecule has 1 atom stereocenters. The third-order valence-corrected chi connectivity index (χ3v) is 3.01. The zero-order valence-electron chi connectivity index (χ0n) is 9.40. The maximum atomic E-state index is 4.39. The van der Waals surface area contributed by atoms with E-state index in [1.54, 1.807) is 12.4 Å². The fourth-order valence-corrected chi connectivity index (χ4v) is 2.08. The number of hydrogen-bond donors (Lipinski definition) is 1. The number of rotatable bonds is 2. The molecule has 0 bridgehead atoms. The second-order valence-corrected chi connectivity index (χ2v) is 4.08. The molecule has 15 heavy (non-hydrogen) atoms. The molecule has 1 aliphatic heterocycles. The van der Waals surface area contributed by atoms with Gasteiger partial charge >= 0.3 is 0 Å². The number of likely N-dealkylation sites (N-methyl/N-ethyl adjacent to an activating group) is 1. The fourth-order valence-electron chi connectivity index (χ4n) is 2.08. The fraction of sp³-hybridized carbons (Fsp3) is 0.636. The van der Waals surface area contributed by atoms with Crippen molar-refractivity contribution in [2.45, 2.75) is 25.8 Å². The van der Waals surface area contributed by atoms with Crippen LogP contribution in [0.25, 0.3) is 0 Å². The summed E-state index contributed by atoms with van der Waals surface area (Å²) in [6.07, 6.45) is 5.98. The largest absolute Gasteiger partial charge is 0.354 e. The van der Waals surface area contributed by atoms with Crippen LogP contribution in [0, 0.1) is 6.92 Å². The zero-order chi connectivity index (χ0) is 10.7. The minimum Gasteiger partial charge on any atom is -0.354 e. The van der Waals surface area contributed by atoms with E-state index in [9.17, 15) is 0 Å². The third-order valence-electron chi connectivity index (χ3n) is 3.01. The summed E-state index contributed by atoms with van der Waals surface area (Å²) in [5.74, 6) is 1.01. The number of nitrogens with one attached hydrogen (secondary N) is 1. The molecule has 0 saturated carbocycles. The second kappa shape index (κ2) is 4.57. The van der Waals surface area contributed by atoms with Gasteiger partial charge < -0.3 is 10.2 Å². The van der Waals surface area contributed by atoms with Crippen molar-refractivity contribution in [3.63, 3.8) is 0 Å². The van der Waals surface area contributed by atoms with E-state index in [1.807, 2.05) is 6.92 Å². The van der Waals surface area contributed by atoms with Crippen molar-refractivity contribution >= 4 is 5.82 Å². The highest BCUT2D eigenvalue weighted by molar-refractivity contribution is 5.42. The summed E-state index contributed by atoms with van der Waals surface area (Å²) in [5.41, 5.74) is 1.01. The monoisotopic (exact) mass is 206 g/mol. The summed E-state index contributed by atoms with van der Waals surface area (Å²) in [7, 11) is 2.11. The average molecular weight is 206 g/mol. The van der Waals surface area contributed by atoms with E-state index in [-0.39, 0.29) is 0 Å². The standard InChI is InChI=1S/C11H18N4/c1-9-11(14-7-6-13-9)15(2)10-4-3-5-12-8-10/h6-7,10,12H,3-5,8H2,1-2H3/t10-/m0/s1. The van der Waals surface area contributed by atoms with Crippen molar-refractivity contribution in [3.8, 4) is 0 Å². The first-order chi connectivity index (χ1) is 7.29. The molecule has 1 aromatic heterocycles. The molecule has 0 aliphatic carbocycles. The number of anilines is 1. The molecule has 4 heteroatoms. The van der Waals surface area contributed by atoms with Gasteiger partial charge in [0.05, 0.1) is 5.69 Å². The summed E-state index contributed by atoms with van der Waals surface area (Å²) in [4.78, 5) is 10.9. The SMILES string of the molecule is Cc1nccnc1N(C)[C@H]1CCCNC1. The van der Waals surface area contributed by atoms with E-state index in [2.05, 4.69) is 27.2 Å². The first kappa shape index (κ1) is 10.4. The van der Waals surface area contributed by atoms with E-state index in [0.29, 0.717) is 6.04 Å². The van der Waals surface area contributed by atoms with Gasteiger partial charge in [0.15, 0.2) is 0 Å². The van der Waals surface area contributed by atoms with Crippen molar-refractivity contribution in [1.82, 2.24) is 15.3 Å². The molecule has 0 radical (unpaired) electrons. The van der Waals surface area contributed by atoms with Crippen LogP contribution in [-0.4, -0.2) is 36.1 Å². The predicted octanol–water partition coefficient (Wildman–Crippen LogP) is 0.973. The average Bonchev–Trinajstić information content (AvgIpc) is 2.30. The molecule has 1 saturated heterocycles. The van der Waals surface area contributed by atoms with Crippen LogP contribution in [0.5, 0.6) is 0 Å². The molecule has 1 fully saturated rings. The normalized spacial score (nSPS) is 21.3. The van der Waals surface area contributed by atoms with Crippen molar-refractivity contribution < 1.29 is 0 Å². The Morgan fingerprint density at radius 3 is 2.87 bits per heavy atom. The smallest absolute Gasteiger partial charge is 0.150 e. The quantitative estimate of drug-likeness (QED) is 0.783. The van der Waals surface area contributed by atoms with Crippen LogP contribution in [0.15, 0.2) is 12.4 Å². The highest BCUT2D eigenvalue weighted by Gasteiger charge is 2.19. The Kier molecular flexibility index (Phi) is 3.16. The van der Waals surface area contributed by atoms with Crippen LogP contribution in [0.2, 0.25) is 0 Å². The van der Waals surface area contributed by atoms with Gasteiger partial charge in [-0.2, -0.15) is 0 Å². The maximum absolute atomic E-state index is 4.39. The number of aryl methyl sites for hydroxylation is 1. The lowest BCUT2D eigenvalue weighted by Gasteiger charge is -2.32. The van der Waals surface area contributed by atoms with Crippen molar-refractivity contribution in [2.75, 3.05) is 25.0 Å². The summed E-state index contributed by atoms with van der Waals surface area (Å²) in [6.45, 7) is 4.20. The van der Waals surface area contributed by atoms with Crippen LogP contribution in [0.4, 0.5) is 5.82 Å². The van der Waals surface area contributed by atoms with Crippen LogP contribution in [0.3, 0.4) is 0 Å². The van der Waals surface area contributed by atoms with Crippen molar-refractivity contribution in [3.05, 3.63) is 18.1 Å². The summed E-state index contributed by atoms with van der Waals surface area (Å²) >= 11 is 0. The molecule has 2 rings (SSSR count). The molecular formula is C11H18N4. The van der Waals surface area contributed by atoms with Gasteiger partial charge in [0.25, 0.3) is 0 Å². The Morgan fingerprint density at radius 2 is 2.20 bits per heavy atom. The molecule has 82 valence electrons. The molecule has 2 heterocycles. The molecular weight excluding hydrogens is 188 g/mol. The molecule has 1 aliphatic rings. The Bertz CT molecular complexity index is 320. The topological polar surface area (TPSA) is 41.1 Å². The van der Waals surface area contributed by atoms with Gasteiger partial charge in [-0.05, 0) is 26.3 Å². The van der Waals surface area contributed by atoms with Crippen LogP contribution in [0.1, 0.15) is 18.5 Å². The van der Waals surface area contributed by atoms with Crippen LogP contribution < -0.4 is 10.2 Å². The van der Waals surface area contributed by atoms with Crippen LogP contribution in [-0.2, 0) is 0 Å². The number of aromatic nitrogens is 2. The van der Waals surface area contributed by atoms with Gasteiger partial charge in [0, 0.05) is 32.0 Å². The van der Waals surface area contributed by atoms with E-state index < -0.39 is 0 Å². The van der Waals surface area contributed by atoms with Gasteiger partial charge in [0.2, 0.25) is 0 Å². The molecule has 0 aromatic carbocycles. The van der Waals surface area contributed by atoms with Gasteiger partial charge in [-0.15, -0.1) is 0 Å². The number of nitrogens with zero attached hydrogens (tertiary/aromatic N) is 3. The van der Waals surface area contributed by atoms with Gasteiger partial charge in [-0.3, -0.25) is 4.98 Å². The van der Waals surface area contributed by atoms with E-state index in [4.69, 9.17) is 0 Å². The van der Waals surface area contributed by atoms with Gasteiger partial charge in [-0.1, -0.05) is 0 Å². The van der Waals surface area contributed by atoms with E-state index in [1.165, 1.54) is 12.8 Å². The lowest BCUT2D eigenvalue weighted by atomic mass is 10.1. The summed E-state index contributed by atoms with van der Waals surface area (Å²) in [6, 6.07) is 0.550. The lowest BCUT2D eigenvalue weighted by Crippen LogP contribution is -2.44. The molecule has 0 amide bonds. The first-order valence-corrected chi connectivity index (χ1v) is 5.50. The van der Waals surface area contributed by atoms with E-state index in [0.717, 1.165) is 24.6 Å². The number of piperidine rings is 1. The Morgan fingerprint density at radius 1 is 1.40 bits per heavy atom. The summed E-state index contributed by atoms with van der Waals surface area (Å²) < 4.78 is 0.